The van der Waals surface area contributed by atoms with Crippen LogP contribution in [0.3, 0.4) is 0 Å². The van der Waals surface area contributed by atoms with Crippen molar-refractivity contribution in [3.05, 3.63) is 23.3 Å². The molecule has 0 radical (unpaired) electrons. The summed E-state index contributed by atoms with van der Waals surface area (Å²) in [5.74, 6) is -0.307. The van der Waals surface area contributed by atoms with Crippen LogP contribution in [0.25, 0.3) is 11.6 Å². The van der Waals surface area contributed by atoms with E-state index < -0.39 is 11.9 Å². The standard InChI is InChI=1S/C12H15N5O2/c1-6(12(18)19)4-9-7(2)15-11(16-8(9)3)10-13-5-14-17-10/h5-6H,4H2,1-3H3,(H,18,19)(H,13,14,17). The molecule has 7 heteroatoms. The smallest absolute Gasteiger partial charge is 0.306 e. The summed E-state index contributed by atoms with van der Waals surface area (Å²) in [5.41, 5.74) is 2.41. The zero-order valence-corrected chi connectivity index (χ0v) is 11.0. The number of carbonyl (C=O) groups is 1. The topological polar surface area (TPSA) is 105 Å². The molecule has 19 heavy (non-hydrogen) atoms. The maximum atomic E-state index is 10.9. The van der Waals surface area contributed by atoms with Gasteiger partial charge in [-0.05, 0) is 25.8 Å². The van der Waals surface area contributed by atoms with Gasteiger partial charge < -0.3 is 5.11 Å². The molecule has 2 heterocycles. The molecule has 0 aliphatic carbocycles. The molecular formula is C12H15N5O2. The Balaban J connectivity index is 2.35. The second-order valence-corrected chi connectivity index (χ2v) is 4.47. The van der Waals surface area contributed by atoms with E-state index in [1.807, 2.05) is 13.8 Å². The third kappa shape index (κ3) is 2.75. The Morgan fingerprint density at radius 1 is 1.37 bits per heavy atom. The first kappa shape index (κ1) is 13.1. The van der Waals surface area contributed by atoms with Crippen LogP contribution in [0.1, 0.15) is 23.9 Å². The van der Waals surface area contributed by atoms with Gasteiger partial charge >= 0.3 is 5.97 Å². The van der Waals surface area contributed by atoms with Crippen molar-refractivity contribution in [2.24, 2.45) is 5.92 Å². The number of aliphatic carboxylic acids is 1. The summed E-state index contributed by atoms with van der Waals surface area (Å²) >= 11 is 0. The van der Waals surface area contributed by atoms with Gasteiger partial charge in [0, 0.05) is 11.4 Å². The SMILES string of the molecule is Cc1nc(-c2ncn[nH]2)nc(C)c1CC(C)C(=O)O. The number of carboxylic acid groups (broad SMARTS) is 1. The van der Waals surface area contributed by atoms with E-state index >= 15 is 0 Å². The third-order valence-corrected chi connectivity index (χ3v) is 2.98. The summed E-state index contributed by atoms with van der Waals surface area (Å²) in [6.45, 7) is 5.36. The van der Waals surface area contributed by atoms with Gasteiger partial charge in [-0.25, -0.2) is 15.0 Å². The Bertz CT molecular complexity index is 571. The molecule has 0 aliphatic heterocycles. The van der Waals surface area contributed by atoms with Crippen LogP contribution in [-0.2, 0) is 11.2 Å². The van der Waals surface area contributed by atoms with Gasteiger partial charge in [0.2, 0.25) is 0 Å². The predicted octanol–water partition coefficient (Wildman–Crippen LogP) is 1.14. The molecule has 1 unspecified atom stereocenters. The summed E-state index contributed by atoms with van der Waals surface area (Å²) in [4.78, 5) is 23.6. The van der Waals surface area contributed by atoms with Crippen LogP contribution in [0.15, 0.2) is 6.33 Å². The molecule has 0 spiro atoms. The number of aryl methyl sites for hydroxylation is 2. The van der Waals surface area contributed by atoms with Crippen molar-refractivity contribution in [2.45, 2.75) is 27.2 Å². The molecule has 100 valence electrons. The number of aromatic nitrogens is 5. The molecule has 2 N–H and O–H groups in total. The third-order valence-electron chi connectivity index (χ3n) is 2.98. The van der Waals surface area contributed by atoms with Gasteiger partial charge in [-0.15, -0.1) is 0 Å². The molecule has 7 nitrogen and oxygen atoms in total. The molecule has 0 aromatic carbocycles. The van der Waals surface area contributed by atoms with Gasteiger partial charge in [0.05, 0.1) is 5.92 Å². The van der Waals surface area contributed by atoms with Gasteiger partial charge in [-0.3, -0.25) is 9.89 Å². The van der Waals surface area contributed by atoms with Crippen molar-refractivity contribution in [1.82, 2.24) is 25.1 Å². The Morgan fingerprint density at radius 2 is 2.00 bits per heavy atom. The van der Waals surface area contributed by atoms with Crippen LogP contribution in [0.5, 0.6) is 0 Å². The molecule has 0 amide bonds. The summed E-state index contributed by atoms with van der Waals surface area (Å²) in [7, 11) is 0. The number of aromatic amines is 1. The lowest BCUT2D eigenvalue weighted by Gasteiger charge is -2.12. The Labute approximate surface area is 110 Å². The van der Waals surface area contributed by atoms with E-state index in [9.17, 15) is 4.79 Å². The second-order valence-electron chi connectivity index (χ2n) is 4.47. The fourth-order valence-electron chi connectivity index (χ4n) is 1.85. The van der Waals surface area contributed by atoms with Crippen LogP contribution in [0.2, 0.25) is 0 Å². The van der Waals surface area contributed by atoms with E-state index in [-0.39, 0.29) is 0 Å². The highest BCUT2D eigenvalue weighted by molar-refractivity contribution is 5.70. The molecule has 2 aromatic heterocycles. The maximum Gasteiger partial charge on any atom is 0.306 e. The lowest BCUT2D eigenvalue weighted by atomic mass is 9.99. The minimum Gasteiger partial charge on any atom is -0.481 e. The van der Waals surface area contributed by atoms with Crippen molar-refractivity contribution in [2.75, 3.05) is 0 Å². The zero-order valence-electron chi connectivity index (χ0n) is 11.0. The largest absolute Gasteiger partial charge is 0.481 e. The Hall–Kier alpha value is -2.31. The summed E-state index contributed by atoms with van der Waals surface area (Å²) < 4.78 is 0. The first-order chi connectivity index (χ1) is 8.99. The van der Waals surface area contributed by atoms with Gasteiger partial charge in [0.1, 0.15) is 6.33 Å². The van der Waals surface area contributed by atoms with E-state index in [0.717, 1.165) is 17.0 Å². The highest BCUT2D eigenvalue weighted by Crippen LogP contribution is 2.18. The van der Waals surface area contributed by atoms with Gasteiger partial charge in [0.25, 0.3) is 0 Å². The molecule has 1 atom stereocenters. The van der Waals surface area contributed by atoms with Gasteiger partial charge in [0.15, 0.2) is 11.6 Å². The minimum absolute atomic E-state index is 0.420. The highest BCUT2D eigenvalue weighted by Gasteiger charge is 2.17. The lowest BCUT2D eigenvalue weighted by molar-refractivity contribution is -0.141. The van der Waals surface area contributed by atoms with E-state index in [1.54, 1.807) is 6.92 Å². The first-order valence-corrected chi connectivity index (χ1v) is 5.91. The van der Waals surface area contributed by atoms with Gasteiger partial charge in [-0.1, -0.05) is 6.92 Å². The minimum atomic E-state index is -0.821. The second kappa shape index (κ2) is 5.13. The number of H-pyrrole nitrogens is 1. The molecule has 2 rings (SSSR count). The number of rotatable bonds is 4. The van der Waals surface area contributed by atoms with Crippen LogP contribution in [0, 0.1) is 19.8 Å². The van der Waals surface area contributed by atoms with E-state index in [2.05, 4.69) is 25.1 Å². The van der Waals surface area contributed by atoms with E-state index in [4.69, 9.17) is 5.11 Å². The maximum absolute atomic E-state index is 10.9. The Morgan fingerprint density at radius 3 is 2.47 bits per heavy atom. The summed E-state index contributed by atoms with van der Waals surface area (Å²) in [6.07, 6.45) is 1.81. The first-order valence-electron chi connectivity index (χ1n) is 5.91. The summed E-state index contributed by atoms with van der Waals surface area (Å²) in [6, 6.07) is 0. The quantitative estimate of drug-likeness (QED) is 0.855. The average Bonchev–Trinajstić information content (AvgIpc) is 2.86. The van der Waals surface area contributed by atoms with Gasteiger partial charge in [-0.2, -0.15) is 5.10 Å². The number of nitrogens with zero attached hydrogens (tertiary/aromatic N) is 4. The predicted molar refractivity (Wildman–Crippen MR) is 67.4 cm³/mol. The average molecular weight is 261 g/mol. The number of carboxylic acids is 1. The molecule has 0 bridgehead atoms. The van der Waals surface area contributed by atoms with Crippen LogP contribution in [0.4, 0.5) is 0 Å². The monoisotopic (exact) mass is 261 g/mol. The fourth-order valence-corrected chi connectivity index (χ4v) is 1.85. The number of nitrogens with one attached hydrogen (secondary N) is 1. The van der Waals surface area contributed by atoms with Crippen molar-refractivity contribution in [3.8, 4) is 11.6 Å². The molecule has 0 saturated heterocycles. The molecule has 0 fully saturated rings. The zero-order chi connectivity index (χ0) is 14.0. The van der Waals surface area contributed by atoms with Crippen molar-refractivity contribution < 1.29 is 9.90 Å². The fraction of sp³-hybridized carbons (Fsp3) is 0.417. The van der Waals surface area contributed by atoms with Crippen LogP contribution >= 0.6 is 0 Å². The Kier molecular flexibility index (Phi) is 3.55. The van der Waals surface area contributed by atoms with Crippen LogP contribution in [-0.4, -0.2) is 36.2 Å². The number of hydrogen-bond donors (Lipinski definition) is 2. The van der Waals surface area contributed by atoms with Crippen LogP contribution < -0.4 is 0 Å². The normalized spacial score (nSPS) is 12.4. The molecular weight excluding hydrogens is 246 g/mol. The lowest BCUT2D eigenvalue weighted by Crippen LogP contribution is -2.15. The molecule has 0 aliphatic rings. The molecule has 0 saturated carbocycles. The summed E-state index contributed by atoms with van der Waals surface area (Å²) in [5, 5.41) is 15.4. The van der Waals surface area contributed by atoms with Crippen molar-refractivity contribution in [1.29, 1.82) is 0 Å². The number of hydrogen-bond acceptors (Lipinski definition) is 5. The molecule has 2 aromatic rings. The van der Waals surface area contributed by atoms with E-state index in [0.29, 0.717) is 18.1 Å². The van der Waals surface area contributed by atoms with Crippen molar-refractivity contribution >= 4 is 5.97 Å². The highest BCUT2D eigenvalue weighted by atomic mass is 16.4. The van der Waals surface area contributed by atoms with E-state index in [1.165, 1.54) is 6.33 Å². The van der Waals surface area contributed by atoms with Crippen molar-refractivity contribution in [3.63, 3.8) is 0 Å².